The summed E-state index contributed by atoms with van der Waals surface area (Å²) in [5.74, 6) is 0.726. The topological polar surface area (TPSA) is 50.9 Å². The minimum Gasteiger partial charge on any atom is -0.389 e. The third kappa shape index (κ3) is 3.05. The van der Waals surface area contributed by atoms with Crippen LogP contribution in [0.2, 0.25) is 5.02 Å². The fourth-order valence-corrected chi connectivity index (χ4v) is 1.69. The molecule has 2 rings (SSSR count). The summed E-state index contributed by atoms with van der Waals surface area (Å²) in [6.07, 6.45) is 1.48. The number of halogens is 1. The molecule has 0 saturated carbocycles. The second-order valence-corrected chi connectivity index (χ2v) is 5.00. The molecule has 1 aromatic carbocycles. The van der Waals surface area contributed by atoms with E-state index < -0.39 is 5.60 Å². The highest BCUT2D eigenvalue weighted by Gasteiger charge is 2.17. The van der Waals surface area contributed by atoms with Crippen LogP contribution in [0.5, 0.6) is 0 Å². The van der Waals surface area contributed by atoms with Gasteiger partial charge in [-0.05, 0) is 38.1 Å². The molecule has 0 radical (unpaired) electrons. The van der Waals surface area contributed by atoms with Crippen LogP contribution in [0.15, 0.2) is 30.6 Å². The predicted octanol–water partition coefficient (Wildman–Crippen LogP) is 2.37. The van der Waals surface area contributed by atoms with Crippen LogP contribution in [-0.4, -0.2) is 25.5 Å². The zero-order chi connectivity index (χ0) is 12.5. The molecule has 0 aliphatic rings. The van der Waals surface area contributed by atoms with E-state index in [1.54, 1.807) is 30.7 Å². The van der Waals surface area contributed by atoms with Gasteiger partial charge < -0.3 is 5.11 Å². The first-order chi connectivity index (χ1) is 7.96. The van der Waals surface area contributed by atoms with Crippen molar-refractivity contribution in [2.45, 2.75) is 26.0 Å². The van der Waals surface area contributed by atoms with Crippen LogP contribution in [0, 0.1) is 0 Å². The molecule has 1 heterocycles. The van der Waals surface area contributed by atoms with Crippen LogP contribution in [0.1, 0.15) is 13.8 Å². The lowest BCUT2D eigenvalue weighted by Crippen LogP contribution is -2.27. The normalized spacial score (nSPS) is 11.8. The lowest BCUT2D eigenvalue weighted by atomic mass is 10.1. The van der Waals surface area contributed by atoms with E-state index in [0.29, 0.717) is 11.6 Å². The van der Waals surface area contributed by atoms with E-state index in [1.165, 1.54) is 6.33 Å². The highest BCUT2D eigenvalue weighted by atomic mass is 35.5. The molecule has 0 aliphatic carbocycles. The lowest BCUT2D eigenvalue weighted by molar-refractivity contribution is 0.0582. The summed E-state index contributed by atoms with van der Waals surface area (Å²) in [6.45, 7) is 3.87. The average Bonchev–Trinajstić information content (AvgIpc) is 2.64. The van der Waals surface area contributed by atoms with Crippen molar-refractivity contribution in [3.05, 3.63) is 35.6 Å². The molecule has 90 valence electrons. The number of nitrogens with zero attached hydrogens (tertiary/aromatic N) is 3. The molecule has 0 amide bonds. The van der Waals surface area contributed by atoms with Crippen molar-refractivity contribution in [1.82, 2.24) is 14.8 Å². The number of hydrogen-bond acceptors (Lipinski definition) is 3. The molecule has 0 fully saturated rings. The van der Waals surface area contributed by atoms with Gasteiger partial charge >= 0.3 is 0 Å². The van der Waals surface area contributed by atoms with E-state index in [9.17, 15) is 5.11 Å². The lowest BCUT2D eigenvalue weighted by Gasteiger charge is -2.17. The van der Waals surface area contributed by atoms with Crippen molar-refractivity contribution in [3.8, 4) is 11.4 Å². The molecule has 0 aliphatic heterocycles. The van der Waals surface area contributed by atoms with Crippen molar-refractivity contribution in [3.63, 3.8) is 0 Å². The van der Waals surface area contributed by atoms with Crippen LogP contribution < -0.4 is 0 Å². The summed E-state index contributed by atoms with van der Waals surface area (Å²) in [5.41, 5.74) is 0.102. The molecule has 0 spiro atoms. The summed E-state index contributed by atoms with van der Waals surface area (Å²) in [7, 11) is 0. The fraction of sp³-hybridized carbons (Fsp3) is 0.333. The summed E-state index contributed by atoms with van der Waals surface area (Å²) >= 11 is 5.84. The van der Waals surface area contributed by atoms with Gasteiger partial charge in [0.25, 0.3) is 0 Å². The molecular formula is C12H14ClN3O. The Balaban J connectivity index is 2.33. The van der Waals surface area contributed by atoms with E-state index in [4.69, 9.17) is 11.6 Å². The predicted molar refractivity (Wildman–Crippen MR) is 66.8 cm³/mol. The van der Waals surface area contributed by atoms with Gasteiger partial charge in [-0.1, -0.05) is 11.6 Å². The standard InChI is InChI=1S/C12H14ClN3O/c1-12(2,17)7-16-11(14-8-15-16)9-3-5-10(13)6-4-9/h3-6,8,17H,7H2,1-2H3. The molecule has 17 heavy (non-hydrogen) atoms. The Morgan fingerprint density at radius 1 is 1.29 bits per heavy atom. The van der Waals surface area contributed by atoms with Crippen molar-refractivity contribution >= 4 is 11.6 Å². The maximum absolute atomic E-state index is 9.80. The summed E-state index contributed by atoms with van der Waals surface area (Å²) in [5, 5.41) is 14.6. The Morgan fingerprint density at radius 3 is 2.53 bits per heavy atom. The SMILES string of the molecule is CC(C)(O)Cn1ncnc1-c1ccc(Cl)cc1. The van der Waals surface area contributed by atoms with Crippen LogP contribution in [-0.2, 0) is 6.54 Å². The zero-order valence-corrected chi connectivity index (χ0v) is 10.5. The number of aromatic nitrogens is 3. The maximum Gasteiger partial charge on any atom is 0.158 e. The average molecular weight is 252 g/mol. The van der Waals surface area contributed by atoms with Gasteiger partial charge in [-0.15, -0.1) is 0 Å². The number of benzene rings is 1. The Labute approximate surface area is 105 Å². The van der Waals surface area contributed by atoms with Gasteiger partial charge in [-0.25, -0.2) is 9.67 Å². The van der Waals surface area contributed by atoms with E-state index in [2.05, 4.69) is 10.1 Å². The second-order valence-electron chi connectivity index (χ2n) is 4.56. The van der Waals surface area contributed by atoms with Gasteiger partial charge in [0.15, 0.2) is 5.82 Å². The smallest absolute Gasteiger partial charge is 0.158 e. The van der Waals surface area contributed by atoms with Crippen molar-refractivity contribution < 1.29 is 5.11 Å². The Bertz CT molecular complexity index is 499. The zero-order valence-electron chi connectivity index (χ0n) is 9.76. The Hall–Kier alpha value is -1.39. The van der Waals surface area contributed by atoms with E-state index in [0.717, 1.165) is 11.4 Å². The first kappa shape index (κ1) is 12.1. The van der Waals surface area contributed by atoms with E-state index >= 15 is 0 Å². The van der Waals surface area contributed by atoms with Gasteiger partial charge in [0.05, 0.1) is 12.1 Å². The highest BCUT2D eigenvalue weighted by molar-refractivity contribution is 6.30. The van der Waals surface area contributed by atoms with Gasteiger partial charge in [-0.3, -0.25) is 0 Å². The quantitative estimate of drug-likeness (QED) is 0.911. The molecule has 5 heteroatoms. The minimum absolute atomic E-state index is 0.394. The second kappa shape index (κ2) is 4.47. The minimum atomic E-state index is -0.825. The first-order valence-electron chi connectivity index (χ1n) is 5.32. The van der Waals surface area contributed by atoms with Crippen LogP contribution >= 0.6 is 11.6 Å². The van der Waals surface area contributed by atoms with Crippen molar-refractivity contribution in [2.24, 2.45) is 0 Å². The fourth-order valence-electron chi connectivity index (χ4n) is 1.57. The highest BCUT2D eigenvalue weighted by Crippen LogP contribution is 2.20. The number of hydrogen-bond donors (Lipinski definition) is 1. The van der Waals surface area contributed by atoms with Crippen molar-refractivity contribution in [2.75, 3.05) is 0 Å². The number of aliphatic hydroxyl groups is 1. The van der Waals surface area contributed by atoms with Crippen LogP contribution in [0.4, 0.5) is 0 Å². The van der Waals surface area contributed by atoms with E-state index in [-0.39, 0.29) is 0 Å². The molecule has 0 atom stereocenters. The summed E-state index contributed by atoms with van der Waals surface area (Å²) in [4.78, 5) is 4.20. The van der Waals surface area contributed by atoms with Gasteiger partial charge in [0, 0.05) is 10.6 Å². The third-order valence-corrected chi connectivity index (χ3v) is 2.51. The molecule has 0 saturated heterocycles. The van der Waals surface area contributed by atoms with Gasteiger partial charge in [0.1, 0.15) is 6.33 Å². The molecule has 1 aromatic heterocycles. The molecular weight excluding hydrogens is 238 g/mol. The molecule has 0 bridgehead atoms. The molecule has 0 unspecified atom stereocenters. The largest absolute Gasteiger partial charge is 0.389 e. The molecule has 1 N–H and O–H groups in total. The Kier molecular flexibility index (Phi) is 3.17. The van der Waals surface area contributed by atoms with Crippen LogP contribution in [0.25, 0.3) is 11.4 Å². The van der Waals surface area contributed by atoms with E-state index in [1.807, 2.05) is 12.1 Å². The van der Waals surface area contributed by atoms with Crippen molar-refractivity contribution in [1.29, 1.82) is 0 Å². The molecule has 4 nitrogen and oxygen atoms in total. The van der Waals surface area contributed by atoms with Gasteiger partial charge in [0.2, 0.25) is 0 Å². The van der Waals surface area contributed by atoms with Gasteiger partial charge in [-0.2, -0.15) is 5.10 Å². The van der Waals surface area contributed by atoms with Crippen LogP contribution in [0.3, 0.4) is 0 Å². The molecule has 2 aromatic rings. The monoisotopic (exact) mass is 251 g/mol. The third-order valence-electron chi connectivity index (χ3n) is 2.25. The summed E-state index contributed by atoms with van der Waals surface area (Å²) in [6, 6.07) is 7.38. The number of rotatable bonds is 3. The summed E-state index contributed by atoms with van der Waals surface area (Å²) < 4.78 is 1.68. The maximum atomic E-state index is 9.80. The first-order valence-corrected chi connectivity index (χ1v) is 5.70. The Morgan fingerprint density at radius 2 is 1.94 bits per heavy atom.